The number of thioether (sulfide) groups is 1. The number of hydrogen-bond acceptors (Lipinski definition) is 3. The predicted octanol–water partition coefficient (Wildman–Crippen LogP) is 6.89. The van der Waals surface area contributed by atoms with Crippen LogP contribution in [0.15, 0.2) is 83.9 Å². The topological polar surface area (TPSA) is 25.2 Å². The molecular formula is C25H16ClFN2OS2. The summed E-state index contributed by atoms with van der Waals surface area (Å²) in [5.41, 5.74) is 3.61. The lowest BCUT2D eigenvalue weighted by atomic mass is 10.1. The SMILES string of the molecule is O=C1/C(=C/c2cn(Cc3ccc(F)cc3)c3ccccc23)SC(=S)N1c1cccc(Cl)c1. The van der Waals surface area contributed by atoms with Gasteiger partial charge in [0.05, 0.1) is 10.6 Å². The molecule has 0 unspecified atom stereocenters. The zero-order chi connectivity index (χ0) is 22.2. The minimum absolute atomic E-state index is 0.169. The first kappa shape index (κ1) is 20.9. The van der Waals surface area contributed by atoms with Crippen molar-refractivity contribution < 1.29 is 9.18 Å². The monoisotopic (exact) mass is 478 g/mol. The largest absolute Gasteiger partial charge is 0.342 e. The number of nitrogens with zero attached hydrogens (tertiary/aromatic N) is 2. The van der Waals surface area contributed by atoms with Gasteiger partial charge in [-0.25, -0.2) is 4.39 Å². The maximum atomic E-state index is 13.3. The molecule has 1 fully saturated rings. The van der Waals surface area contributed by atoms with E-state index in [4.69, 9.17) is 23.8 Å². The van der Waals surface area contributed by atoms with E-state index in [1.54, 1.807) is 30.3 Å². The molecule has 0 spiro atoms. The van der Waals surface area contributed by atoms with E-state index in [2.05, 4.69) is 4.57 Å². The van der Waals surface area contributed by atoms with Crippen molar-refractivity contribution in [3.8, 4) is 0 Å². The lowest BCUT2D eigenvalue weighted by molar-refractivity contribution is -0.113. The Kier molecular flexibility index (Phi) is 5.59. The molecule has 32 heavy (non-hydrogen) atoms. The van der Waals surface area contributed by atoms with Crippen LogP contribution in [0.2, 0.25) is 5.02 Å². The van der Waals surface area contributed by atoms with Gasteiger partial charge in [-0.3, -0.25) is 9.69 Å². The lowest BCUT2D eigenvalue weighted by Gasteiger charge is -2.14. The number of fused-ring (bicyclic) bond motifs is 1. The molecule has 1 aliphatic heterocycles. The van der Waals surface area contributed by atoms with Gasteiger partial charge in [0.25, 0.3) is 5.91 Å². The Morgan fingerprint density at radius 3 is 2.59 bits per heavy atom. The molecule has 5 rings (SSSR count). The van der Waals surface area contributed by atoms with E-state index in [1.807, 2.05) is 42.6 Å². The molecule has 158 valence electrons. The third kappa shape index (κ3) is 3.97. The normalized spacial score (nSPS) is 15.3. The summed E-state index contributed by atoms with van der Waals surface area (Å²) in [5.74, 6) is -0.425. The van der Waals surface area contributed by atoms with Gasteiger partial charge in [0.15, 0.2) is 4.32 Å². The molecule has 0 aliphatic carbocycles. The van der Waals surface area contributed by atoms with Crippen molar-refractivity contribution in [3.05, 3.63) is 106 Å². The second kappa shape index (κ2) is 8.54. The number of carbonyl (C=O) groups excluding carboxylic acids is 1. The van der Waals surface area contributed by atoms with Gasteiger partial charge in [-0.15, -0.1) is 0 Å². The highest BCUT2D eigenvalue weighted by atomic mass is 35.5. The quantitative estimate of drug-likeness (QED) is 0.236. The van der Waals surface area contributed by atoms with Gasteiger partial charge in [-0.2, -0.15) is 0 Å². The maximum absolute atomic E-state index is 13.3. The molecule has 1 aromatic heterocycles. The molecule has 3 nitrogen and oxygen atoms in total. The number of aromatic nitrogens is 1. The molecule has 0 atom stereocenters. The summed E-state index contributed by atoms with van der Waals surface area (Å²) in [5, 5.41) is 1.58. The Morgan fingerprint density at radius 1 is 1.03 bits per heavy atom. The van der Waals surface area contributed by atoms with Crippen LogP contribution in [0, 0.1) is 5.82 Å². The molecule has 0 radical (unpaired) electrons. The van der Waals surface area contributed by atoms with Crippen LogP contribution in [0.3, 0.4) is 0 Å². The fraction of sp³-hybridized carbons (Fsp3) is 0.0400. The molecule has 1 saturated heterocycles. The minimum Gasteiger partial charge on any atom is -0.342 e. The summed E-state index contributed by atoms with van der Waals surface area (Å²) in [7, 11) is 0. The fourth-order valence-corrected chi connectivity index (χ4v) is 5.23. The van der Waals surface area contributed by atoms with Crippen LogP contribution in [0.4, 0.5) is 10.1 Å². The van der Waals surface area contributed by atoms with Gasteiger partial charge in [-0.1, -0.05) is 72.0 Å². The van der Waals surface area contributed by atoms with Crippen LogP contribution >= 0.6 is 35.6 Å². The Bertz CT molecular complexity index is 1390. The molecule has 3 aromatic carbocycles. The zero-order valence-electron chi connectivity index (χ0n) is 16.7. The van der Waals surface area contributed by atoms with Gasteiger partial charge in [0, 0.05) is 34.2 Å². The first-order valence-corrected chi connectivity index (χ1v) is 11.5. The van der Waals surface area contributed by atoms with Crippen LogP contribution in [0.1, 0.15) is 11.1 Å². The number of carbonyl (C=O) groups is 1. The van der Waals surface area contributed by atoms with Crippen LogP contribution in [-0.4, -0.2) is 14.8 Å². The van der Waals surface area contributed by atoms with E-state index >= 15 is 0 Å². The van der Waals surface area contributed by atoms with Crippen molar-refractivity contribution in [2.75, 3.05) is 4.90 Å². The van der Waals surface area contributed by atoms with Gasteiger partial charge in [0.2, 0.25) is 0 Å². The number of para-hydroxylation sites is 1. The predicted molar refractivity (Wildman–Crippen MR) is 135 cm³/mol. The Balaban J connectivity index is 1.52. The van der Waals surface area contributed by atoms with Crippen molar-refractivity contribution in [2.24, 2.45) is 0 Å². The summed E-state index contributed by atoms with van der Waals surface area (Å²) < 4.78 is 15.9. The van der Waals surface area contributed by atoms with Crippen molar-refractivity contribution in [1.29, 1.82) is 0 Å². The van der Waals surface area contributed by atoms with Crippen molar-refractivity contribution in [1.82, 2.24) is 4.57 Å². The number of halogens is 2. The third-order valence-electron chi connectivity index (χ3n) is 5.23. The molecule has 4 aromatic rings. The maximum Gasteiger partial charge on any atom is 0.270 e. The summed E-state index contributed by atoms with van der Waals surface area (Å²) >= 11 is 12.9. The molecule has 7 heteroatoms. The van der Waals surface area contributed by atoms with Crippen molar-refractivity contribution >= 4 is 68.5 Å². The highest BCUT2D eigenvalue weighted by molar-refractivity contribution is 8.27. The van der Waals surface area contributed by atoms with E-state index in [0.29, 0.717) is 26.5 Å². The van der Waals surface area contributed by atoms with Crippen molar-refractivity contribution in [2.45, 2.75) is 6.54 Å². The Hall–Kier alpha value is -2.93. The van der Waals surface area contributed by atoms with Crippen LogP contribution in [0.5, 0.6) is 0 Å². The third-order valence-corrected chi connectivity index (χ3v) is 6.77. The van der Waals surface area contributed by atoms with E-state index in [1.165, 1.54) is 28.8 Å². The average molecular weight is 479 g/mol. The number of rotatable bonds is 4. The lowest BCUT2D eigenvalue weighted by Crippen LogP contribution is -2.27. The molecule has 2 heterocycles. The summed E-state index contributed by atoms with van der Waals surface area (Å²) in [4.78, 5) is 15.2. The van der Waals surface area contributed by atoms with Gasteiger partial charge >= 0.3 is 0 Å². The zero-order valence-corrected chi connectivity index (χ0v) is 19.1. The summed E-state index contributed by atoms with van der Waals surface area (Å²) in [6.07, 6.45) is 3.90. The van der Waals surface area contributed by atoms with Gasteiger partial charge in [-0.05, 0) is 48.0 Å². The van der Waals surface area contributed by atoms with Crippen molar-refractivity contribution in [3.63, 3.8) is 0 Å². The van der Waals surface area contributed by atoms with Crippen LogP contribution in [-0.2, 0) is 11.3 Å². The van der Waals surface area contributed by atoms with E-state index in [-0.39, 0.29) is 11.7 Å². The average Bonchev–Trinajstić information content (AvgIpc) is 3.26. The molecule has 1 aliphatic rings. The molecule has 1 amide bonds. The van der Waals surface area contributed by atoms with Crippen LogP contribution < -0.4 is 4.90 Å². The van der Waals surface area contributed by atoms with E-state index in [0.717, 1.165) is 22.0 Å². The minimum atomic E-state index is -0.256. The first-order valence-electron chi connectivity index (χ1n) is 9.85. The Morgan fingerprint density at radius 2 is 1.81 bits per heavy atom. The number of anilines is 1. The van der Waals surface area contributed by atoms with Gasteiger partial charge in [0.1, 0.15) is 5.82 Å². The van der Waals surface area contributed by atoms with E-state index < -0.39 is 0 Å². The molecule has 0 N–H and O–H groups in total. The number of hydrogen-bond donors (Lipinski definition) is 0. The molecular weight excluding hydrogens is 463 g/mol. The Labute approximate surface area is 199 Å². The second-order valence-electron chi connectivity index (χ2n) is 7.35. The number of amides is 1. The van der Waals surface area contributed by atoms with E-state index in [9.17, 15) is 9.18 Å². The second-order valence-corrected chi connectivity index (χ2v) is 9.47. The summed E-state index contributed by atoms with van der Waals surface area (Å²) in [6, 6.07) is 21.6. The molecule has 0 bridgehead atoms. The smallest absolute Gasteiger partial charge is 0.270 e. The summed E-state index contributed by atoms with van der Waals surface area (Å²) in [6.45, 7) is 0.595. The molecule has 0 saturated carbocycles. The van der Waals surface area contributed by atoms with Crippen LogP contribution in [0.25, 0.3) is 17.0 Å². The first-order chi connectivity index (χ1) is 15.5. The number of benzene rings is 3. The number of thiocarbonyl (C=S) groups is 1. The standard InChI is InChI=1S/C25H16ClFN2OS2/c26-18-4-3-5-20(13-18)29-24(30)23(32-25(29)31)12-17-15-28(22-7-2-1-6-21(17)22)14-16-8-10-19(27)11-9-16/h1-13,15H,14H2/b23-12-. The fourth-order valence-electron chi connectivity index (χ4n) is 3.75. The highest BCUT2D eigenvalue weighted by Gasteiger charge is 2.33. The van der Waals surface area contributed by atoms with Gasteiger partial charge < -0.3 is 4.57 Å². The highest BCUT2D eigenvalue weighted by Crippen LogP contribution is 2.37.